The molecule has 0 fully saturated rings. The van der Waals surface area contributed by atoms with Crippen LogP contribution in [0.3, 0.4) is 0 Å². The van der Waals surface area contributed by atoms with E-state index in [1.54, 1.807) is 13.3 Å². The van der Waals surface area contributed by atoms with E-state index in [1.165, 1.54) is 0 Å². The van der Waals surface area contributed by atoms with E-state index in [-0.39, 0.29) is 11.7 Å². The SMILES string of the molecule is COc1ccc(-c2c(C)nn3c4c(cnc23)C(=O)CC(/C=C/c2ccccc2)C4)cc1. The molecule has 0 radical (unpaired) electrons. The van der Waals surface area contributed by atoms with Gasteiger partial charge in [0.2, 0.25) is 0 Å². The molecule has 154 valence electrons. The van der Waals surface area contributed by atoms with Crippen molar-refractivity contribution in [1.29, 1.82) is 0 Å². The number of aryl methyl sites for hydroxylation is 1. The summed E-state index contributed by atoms with van der Waals surface area (Å²) >= 11 is 0. The Morgan fingerprint density at radius 3 is 2.58 bits per heavy atom. The minimum Gasteiger partial charge on any atom is -0.497 e. The Labute approximate surface area is 181 Å². The summed E-state index contributed by atoms with van der Waals surface area (Å²) in [5.41, 5.74) is 6.44. The predicted octanol–water partition coefficient (Wildman–Crippen LogP) is 5.17. The molecular formula is C26H23N3O2. The molecule has 4 aromatic rings. The fraction of sp³-hybridized carbons (Fsp3) is 0.192. The normalized spacial score (nSPS) is 16.1. The summed E-state index contributed by atoms with van der Waals surface area (Å²) in [6.45, 7) is 1.98. The van der Waals surface area contributed by atoms with Crippen LogP contribution >= 0.6 is 0 Å². The van der Waals surface area contributed by atoms with Gasteiger partial charge < -0.3 is 4.74 Å². The summed E-state index contributed by atoms with van der Waals surface area (Å²) in [6.07, 6.45) is 7.21. The summed E-state index contributed by atoms with van der Waals surface area (Å²) < 4.78 is 7.14. The molecule has 31 heavy (non-hydrogen) atoms. The van der Waals surface area contributed by atoms with Crippen LogP contribution < -0.4 is 4.74 Å². The van der Waals surface area contributed by atoms with Crippen LogP contribution in [0.15, 0.2) is 66.9 Å². The van der Waals surface area contributed by atoms with Gasteiger partial charge in [0.25, 0.3) is 0 Å². The fourth-order valence-electron chi connectivity index (χ4n) is 4.28. The second-order valence-electron chi connectivity index (χ2n) is 7.90. The first-order valence-electron chi connectivity index (χ1n) is 10.4. The Morgan fingerprint density at radius 2 is 1.84 bits per heavy atom. The second-order valence-corrected chi connectivity index (χ2v) is 7.90. The summed E-state index contributed by atoms with van der Waals surface area (Å²) in [6, 6.07) is 18.1. The Morgan fingerprint density at radius 1 is 1.06 bits per heavy atom. The first kappa shape index (κ1) is 19.2. The van der Waals surface area contributed by atoms with Crippen molar-refractivity contribution in [2.75, 3.05) is 7.11 Å². The van der Waals surface area contributed by atoms with Crippen LogP contribution in [0.1, 0.15) is 33.7 Å². The molecule has 0 saturated carbocycles. The van der Waals surface area contributed by atoms with Crippen LogP contribution in [0.2, 0.25) is 0 Å². The smallest absolute Gasteiger partial charge is 0.166 e. The molecule has 1 aliphatic rings. The maximum Gasteiger partial charge on any atom is 0.166 e. The average Bonchev–Trinajstić information content (AvgIpc) is 3.15. The molecule has 0 aliphatic heterocycles. The maximum atomic E-state index is 12.9. The van der Waals surface area contributed by atoms with E-state index in [0.29, 0.717) is 12.0 Å². The van der Waals surface area contributed by atoms with Gasteiger partial charge in [-0.25, -0.2) is 9.50 Å². The van der Waals surface area contributed by atoms with Crippen molar-refractivity contribution in [1.82, 2.24) is 14.6 Å². The molecule has 1 aliphatic carbocycles. The highest BCUT2D eigenvalue weighted by atomic mass is 16.5. The molecular weight excluding hydrogens is 386 g/mol. The highest BCUT2D eigenvalue weighted by molar-refractivity contribution is 5.98. The lowest BCUT2D eigenvalue weighted by Crippen LogP contribution is -2.22. The molecule has 5 rings (SSSR count). The Bertz CT molecular complexity index is 1290. The molecule has 1 unspecified atom stereocenters. The Kier molecular flexibility index (Phi) is 4.86. The highest BCUT2D eigenvalue weighted by Gasteiger charge is 2.28. The van der Waals surface area contributed by atoms with Gasteiger partial charge in [0.05, 0.1) is 24.1 Å². The third-order valence-corrected chi connectivity index (χ3v) is 5.86. The van der Waals surface area contributed by atoms with Crippen molar-refractivity contribution < 1.29 is 9.53 Å². The van der Waals surface area contributed by atoms with Crippen molar-refractivity contribution in [2.45, 2.75) is 19.8 Å². The minimum atomic E-state index is 0.123. The Balaban J connectivity index is 1.55. The van der Waals surface area contributed by atoms with E-state index in [9.17, 15) is 4.79 Å². The van der Waals surface area contributed by atoms with Gasteiger partial charge in [0.1, 0.15) is 5.75 Å². The molecule has 2 aromatic carbocycles. The molecule has 0 spiro atoms. The minimum absolute atomic E-state index is 0.123. The molecule has 1 atom stereocenters. The van der Waals surface area contributed by atoms with Crippen LogP contribution in [-0.2, 0) is 6.42 Å². The number of methoxy groups -OCH3 is 1. The van der Waals surface area contributed by atoms with Gasteiger partial charge in [0, 0.05) is 18.2 Å². The maximum absolute atomic E-state index is 12.9. The molecule has 2 aromatic heterocycles. The van der Waals surface area contributed by atoms with Gasteiger partial charge in [-0.2, -0.15) is 5.10 Å². The lowest BCUT2D eigenvalue weighted by atomic mass is 9.86. The monoisotopic (exact) mass is 409 g/mol. The average molecular weight is 409 g/mol. The van der Waals surface area contributed by atoms with Gasteiger partial charge in [-0.05, 0) is 42.5 Å². The van der Waals surface area contributed by atoms with E-state index in [4.69, 9.17) is 9.84 Å². The number of Topliss-reactive ketones (excluding diaryl/α,β-unsaturated/α-hetero) is 1. The number of hydrogen-bond acceptors (Lipinski definition) is 4. The topological polar surface area (TPSA) is 56.5 Å². The zero-order valence-electron chi connectivity index (χ0n) is 17.6. The lowest BCUT2D eigenvalue weighted by molar-refractivity contribution is 0.0957. The summed E-state index contributed by atoms with van der Waals surface area (Å²) in [4.78, 5) is 17.5. The number of fused-ring (bicyclic) bond motifs is 3. The van der Waals surface area contributed by atoms with Crippen LogP contribution in [0.4, 0.5) is 0 Å². The number of rotatable bonds is 4. The highest BCUT2D eigenvalue weighted by Crippen LogP contribution is 2.33. The van der Waals surface area contributed by atoms with Crippen molar-refractivity contribution in [3.8, 4) is 16.9 Å². The molecule has 0 amide bonds. The van der Waals surface area contributed by atoms with Crippen molar-refractivity contribution in [3.05, 3.63) is 89.4 Å². The van der Waals surface area contributed by atoms with E-state index in [1.807, 2.05) is 53.9 Å². The lowest BCUT2D eigenvalue weighted by Gasteiger charge is -2.21. The fourth-order valence-corrected chi connectivity index (χ4v) is 4.28. The largest absolute Gasteiger partial charge is 0.497 e. The van der Waals surface area contributed by atoms with Crippen molar-refractivity contribution in [3.63, 3.8) is 0 Å². The Hall–Kier alpha value is -3.73. The first-order chi connectivity index (χ1) is 15.1. The van der Waals surface area contributed by atoms with Gasteiger partial charge in [0.15, 0.2) is 11.4 Å². The second kappa shape index (κ2) is 7.84. The summed E-state index contributed by atoms with van der Waals surface area (Å²) in [5, 5.41) is 4.78. The van der Waals surface area contributed by atoms with Gasteiger partial charge in [-0.15, -0.1) is 0 Å². The first-order valence-corrected chi connectivity index (χ1v) is 10.4. The van der Waals surface area contributed by atoms with Crippen LogP contribution in [0, 0.1) is 12.8 Å². The molecule has 2 heterocycles. The number of benzene rings is 2. The number of nitrogens with zero attached hydrogens (tertiary/aromatic N) is 3. The zero-order valence-corrected chi connectivity index (χ0v) is 17.6. The number of carbonyl (C=O) groups excluding carboxylic acids is 1. The number of aromatic nitrogens is 3. The number of hydrogen-bond donors (Lipinski definition) is 0. The quantitative estimate of drug-likeness (QED) is 0.466. The van der Waals surface area contributed by atoms with E-state index in [2.05, 4.69) is 29.3 Å². The van der Waals surface area contributed by atoms with Gasteiger partial charge >= 0.3 is 0 Å². The van der Waals surface area contributed by atoms with E-state index < -0.39 is 0 Å². The molecule has 0 saturated heterocycles. The van der Waals surface area contributed by atoms with Crippen molar-refractivity contribution in [2.24, 2.45) is 5.92 Å². The van der Waals surface area contributed by atoms with Crippen molar-refractivity contribution >= 4 is 17.5 Å². The third-order valence-electron chi connectivity index (χ3n) is 5.86. The molecule has 0 bridgehead atoms. The standard InChI is InChI=1S/C26H23N3O2/c1-17-25(20-10-12-21(31-2)13-11-20)26-27-16-22-23(29(26)28-17)14-19(15-24(22)30)9-8-18-6-4-3-5-7-18/h3-13,16,19H,14-15H2,1-2H3/b9-8+. The van der Waals surface area contributed by atoms with E-state index >= 15 is 0 Å². The molecule has 5 heteroatoms. The van der Waals surface area contributed by atoms with Crippen LogP contribution in [0.5, 0.6) is 5.75 Å². The zero-order chi connectivity index (χ0) is 21.4. The summed E-state index contributed by atoms with van der Waals surface area (Å²) in [7, 11) is 1.66. The van der Waals surface area contributed by atoms with Gasteiger partial charge in [-0.1, -0.05) is 54.6 Å². The van der Waals surface area contributed by atoms with Gasteiger partial charge in [-0.3, -0.25) is 4.79 Å². The van der Waals surface area contributed by atoms with E-state index in [0.717, 1.165) is 45.9 Å². The molecule has 0 N–H and O–H groups in total. The van der Waals surface area contributed by atoms with Crippen LogP contribution in [-0.4, -0.2) is 27.5 Å². The third kappa shape index (κ3) is 3.52. The summed E-state index contributed by atoms with van der Waals surface area (Å²) in [5.74, 6) is 1.07. The number of allylic oxidation sites excluding steroid dienone is 1. The predicted molar refractivity (Wildman–Crippen MR) is 121 cm³/mol. The molecule has 5 nitrogen and oxygen atoms in total. The number of ketones is 1. The van der Waals surface area contributed by atoms with Crippen LogP contribution in [0.25, 0.3) is 22.9 Å². The number of carbonyl (C=O) groups is 1. The number of ether oxygens (including phenoxy) is 1.